The van der Waals surface area contributed by atoms with Crippen LogP contribution < -0.4 is 5.32 Å². The molecule has 2 aromatic rings. The lowest BCUT2D eigenvalue weighted by Crippen LogP contribution is -2.53. The van der Waals surface area contributed by atoms with Crippen LogP contribution >= 0.6 is 23.2 Å². The molecule has 2 aromatic carbocycles. The molecule has 0 aromatic heterocycles. The van der Waals surface area contributed by atoms with Crippen molar-refractivity contribution in [3.8, 4) is 0 Å². The van der Waals surface area contributed by atoms with Crippen molar-refractivity contribution in [3.63, 3.8) is 0 Å². The number of hydrogen-bond acceptors (Lipinski definition) is 3. The summed E-state index contributed by atoms with van der Waals surface area (Å²) >= 11 is 12.4. The van der Waals surface area contributed by atoms with Crippen molar-refractivity contribution in [3.05, 3.63) is 68.7 Å². The third-order valence-electron chi connectivity index (χ3n) is 7.72. The SMILES string of the molecule is CC(=O)N1CCC(C(=O)N2CCC(NC(=O)c3ccc(C(F)(F)F)c(CF)c3)C(c3ccc(Cl)c(Cl)c3)C2)CC1. The molecule has 2 unspecified atom stereocenters. The smallest absolute Gasteiger partial charge is 0.349 e. The first-order valence-corrected chi connectivity index (χ1v) is 13.7. The molecule has 12 heteroatoms. The molecule has 6 nitrogen and oxygen atoms in total. The minimum absolute atomic E-state index is 0.0196. The zero-order valence-electron chi connectivity index (χ0n) is 21.7. The molecule has 2 saturated heterocycles. The lowest BCUT2D eigenvalue weighted by molar-refractivity contribution is -0.141. The number of benzene rings is 2. The van der Waals surface area contributed by atoms with E-state index in [0.717, 1.165) is 17.7 Å². The Morgan fingerprint density at radius 2 is 1.62 bits per heavy atom. The summed E-state index contributed by atoms with van der Waals surface area (Å²) < 4.78 is 53.0. The third kappa shape index (κ3) is 6.71. The summed E-state index contributed by atoms with van der Waals surface area (Å²) in [4.78, 5) is 41.7. The van der Waals surface area contributed by atoms with Gasteiger partial charge in [0.2, 0.25) is 11.8 Å². The average molecular weight is 602 g/mol. The topological polar surface area (TPSA) is 69.7 Å². The molecule has 1 N–H and O–H groups in total. The van der Waals surface area contributed by atoms with Crippen LogP contribution in [0.15, 0.2) is 36.4 Å². The van der Waals surface area contributed by atoms with E-state index in [2.05, 4.69) is 5.32 Å². The van der Waals surface area contributed by atoms with E-state index < -0.39 is 35.9 Å². The van der Waals surface area contributed by atoms with E-state index in [1.54, 1.807) is 28.0 Å². The van der Waals surface area contributed by atoms with E-state index in [1.165, 1.54) is 6.92 Å². The van der Waals surface area contributed by atoms with Crippen LogP contribution in [0, 0.1) is 5.92 Å². The van der Waals surface area contributed by atoms with Gasteiger partial charge in [-0.3, -0.25) is 14.4 Å². The second-order valence-corrected chi connectivity index (χ2v) is 11.0. The fraction of sp³-hybridized carbons (Fsp3) is 0.464. The lowest BCUT2D eigenvalue weighted by atomic mass is 9.84. The fourth-order valence-electron chi connectivity index (χ4n) is 5.48. The fourth-order valence-corrected chi connectivity index (χ4v) is 5.79. The number of nitrogens with zero attached hydrogens (tertiary/aromatic N) is 2. The van der Waals surface area contributed by atoms with Crippen molar-refractivity contribution in [1.29, 1.82) is 0 Å². The molecular weight excluding hydrogens is 573 g/mol. The molecule has 2 aliphatic rings. The van der Waals surface area contributed by atoms with Gasteiger partial charge >= 0.3 is 6.18 Å². The molecule has 0 saturated carbocycles. The summed E-state index contributed by atoms with van der Waals surface area (Å²) in [6.45, 7) is 1.81. The molecule has 2 fully saturated rings. The van der Waals surface area contributed by atoms with Gasteiger partial charge in [0.1, 0.15) is 6.67 Å². The first kappa shape index (κ1) is 30.1. The number of halogens is 6. The van der Waals surface area contributed by atoms with Crippen molar-refractivity contribution in [1.82, 2.24) is 15.1 Å². The van der Waals surface area contributed by atoms with Crippen molar-refractivity contribution < 1.29 is 31.9 Å². The van der Waals surface area contributed by atoms with Gasteiger partial charge in [0.05, 0.1) is 15.6 Å². The zero-order chi connectivity index (χ0) is 29.2. The summed E-state index contributed by atoms with van der Waals surface area (Å²) in [6, 6.07) is 7.22. The Hall–Kier alpha value is -2.85. The molecule has 0 aliphatic carbocycles. The van der Waals surface area contributed by atoms with E-state index in [4.69, 9.17) is 23.2 Å². The number of amides is 3. The third-order valence-corrected chi connectivity index (χ3v) is 8.46. The zero-order valence-corrected chi connectivity index (χ0v) is 23.3. The van der Waals surface area contributed by atoms with E-state index in [0.29, 0.717) is 55.0 Å². The van der Waals surface area contributed by atoms with Gasteiger partial charge in [-0.1, -0.05) is 29.3 Å². The molecule has 0 bridgehead atoms. The molecule has 2 atom stereocenters. The number of piperidine rings is 2. The highest BCUT2D eigenvalue weighted by molar-refractivity contribution is 6.42. The van der Waals surface area contributed by atoms with Crippen LogP contribution in [0.2, 0.25) is 10.0 Å². The predicted molar refractivity (Wildman–Crippen MR) is 143 cm³/mol. The number of nitrogens with one attached hydrogen (secondary N) is 1. The van der Waals surface area contributed by atoms with Gasteiger partial charge in [-0.25, -0.2) is 4.39 Å². The van der Waals surface area contributed by atoms with E-state index in [1.807, 2.05) is 0 Å². The van der Waals surface area contributed by atoms with Gasteiger partial charge in [-0.15, -0.1) is 0 Å². The number of hydrogen-bond donors (Lipinski definition) is 1. The number of alkyl halides is 4. The van der Waals surface area contributed by atoms with Gasteiger partial charge in [-0.2, -0.15) is 13.2 Å². The Morgan fingerprint density at radius 1 is 0.950 bits per heavy atom. The number of carbonyl (C=O) groups excluding carboxylic acids is 3. The van der Waals surface area contributed by atoms with Crippen LogP contribution in [0.1, 0.15) is 59.2 Å². The molecule has 0 radical (unpaired) electrons. The van der Waals surface area contributed by atoms with Crippen LogP contribution in [0.25, 0.3) is 0 Å². The Labute approximate surface area is 239 Å². The van der Waals surface area contributed by atoms with Gasteiger partial charge in [-0.05, 0) is 60.7 Å². The molecule has 3 amide bonds. The Kier molecular flexibility index (Phi) is 9.29. The number of likely N-dealkylation sites (tertiary alicyclic amines) is 2. The predicted octanol–water partition coefficient (Wildman–Crippen LogP) is 5.85. The summed E-state index contributed by atoms with van der Waals surface area (Å²) in [5, 5.41) is 3.53. The van der Waals surface area contributed by atoms with Gasteiger partial charge in [0.25, 0.3) is 5.91 Å². The average Bonchev–Trinajstić information content (AvgIpc) is 2.93. The highest BCUT2D eigenvalue weighted by Gasteiger charge is 2.38. The molecular formula is C28H29Cl2F4N3O3. The first-order chi connectivity index (χ1) is 18.9. The maximum Gasteiger partial charge on any atom is 0.416 e. The molecule has 4 rings (SSSR count). The summed E-state index contributed by atoms with van der Waals surface area (Å²) in [6.07, 6.45) is -3.22. The maximum absolute atomic E-state index is 13.4. The summed E-state index contributed by atoms with van der Waals surface area (Å²) in [5.74, 6) is -1.29. The van der Waals surface area contributed by atoms with Crippen molar-refractivity contribution in [2.24, 2.45) is 5.92 Å². The first-order valence-electron chi connectivity index (χ1n) is 12.9. The van der Waals surface area contributed by atoms with Gasteiger partial charge in [0, 0.05) is 56.5 Å². The van der Waals surface area contributed by atoms with E-state index in [9.17, 15) is 31.9 Å². The van der Waals surface area contributed by atoms with Crippen LogP contribution in [0.3, 0.4) is 0 Å². The Balaban J connectivity index is 1.54. The largest absolute Gasteiger partial charge is 0.416 e. The maximum atomic E-state index is 13.4. The molecule has 40 heavy (non-hydrogen) atoms. The van der Waals surface area contributed by atoms with Crippen molar-refractivity contribution in [2.75, 3.05) is 26.2 Å². The normalized spacial score (nSPS) is 20.4. The second-order valence-electron chi connectivity index (χ2n) is 10.2. The highest BCUT2D eigenvalue weighted by atomic mass is 35.5. The molecule has 2 heterocycles. The summed E-state index contributed by atoms with van der Waals surface area (Å²) in [7, 11) is 0. The lowest BCUT2D eigenvalue weighted by Gasteiger charge is -2.41. The van der Waals surface area contributed by atoms with Crippen molar-refractivity contribution >= 4 is 40.9 Å². The quantitative estimate of drug-likeness (QED) is 0.437. The highest BCUT2D eigenvalue weighted by Crippen LogP contribution is 2.35. The minimum atomic E-state index is -4.74. The molecule has 216 valence electrons. The number of carbonyl (C=O) groups is 3. The van der Waals surface area contributed by atoms with Crippen LogP contribution in [-0.2, 0) is 22.4 Å². The van der Waals surface area contributed by atoms with Gasteiger partial charge < -0.3 is 15.1 Å². The van der Waals surface area contributed by atoms with E-state index in [-0.39, 0.29) is 35.8 Å². The Morgan fingerprint density at radius 3 is 2.23 bits per heavy atom. The van der Waals surface area contributed by atoms with Crippen LogP contribution in [-0.4, -0.2) is 59.7 Å². The Bertz CT molecular complexity index is 1280. The van der Waals surface area contributed by atoms with Gasteiger partial charge in [0.15, 0.2) is 0 Å². The minimum Gasteiger partial charge on any atom is -0.349 e. The standard InChI is InChI=1S/C28H29Cl2F4N3O3/c1-16(38)36-9-6-17(7-10-36)27(40)37-11-8-25(21(15-37)18-3-5-23(29)24(30)13-18)35-26(39)19-2-4-22(28(32,33)34)20(12-19)14-31/h2-5,12-13,17,21,25H,6-11,14-15H2,1H3,(H,35,39). The van der Waals surface area contributed by atoms with Crippen LogP contribution in [0.4, 0.5) is 17.6 Å². The summed E-state index contributed by atoms with van der Waals surface area (Å²) in [5.41, 5.74) is -1.09. The molecule has 2 aliphatic heterocycles. The van der Waals surface area contributed by atoms with Crippen LogP contribution in [0.5, 0.6) is 0 Å². The second kappa shape index (κ2) is 12.3. The molecule has 0 spiro atoms. The van der Waals surface area contributed by atoms with Crippen molar-refractivity contribution in [2.45, 2.75) is 51.0 Å². The van der Waals surface area contributed by atoms with E-state index >= 15 is 0 Å². The monoisotopic (exact) mass is 601 g/mol. The number of rotatable bonds is 5.